The highest BCUT2D eigenvalue weighted by molar-refractivity contribution is 6.33. The van der Waals surface area contributed by atoms with Gasteiger partial charge in [0.05, 0.1) is 17.1 Å². The van der Waals surface area contributed by atoms with Gasteiger partial charge in [-0.2, -0.15) is 4.98 Å². The SMILES string of the molecule is OCC1CN(Cc2noc(-c3ccccc3Cl)n2)C1. The molecule has 1 aliphatic rings. The summed E-state index contributed by atoms with van der Waals surface area (Å²) in [4.78, 5) is 6.52. The Bertz CT molecular complexity index is 567. The summed E-state index contributed by atoms with van der Waals surface area (Å²) in [7, 11) is 0. The topological polar surface area (TPSA) is 62.4 Å². The zero-order valence-electron chi connectivity index (χ0n) is 10.3. The fourth-order valence-electron chi connectivity index (χ4n) is 2.18. The third-order valence-corrected chi connectivity index (χ3v) is 3.56. The van der Waals surface area contributed by atoms with Gasteiger partial charge in [0, 0.05) is 25.6 Å². The van der Waals surface area contributed by atoms with Crippen molar-refractivity contribution in [1.82, 2.24) is 15.0 Å². The van der Waals surface area contributed by atoms with Crippen LogP contribution in [-0.4, -0.2) is 39.8 Å². The van der Waals surface area contributed by atoms with Gasteiger partial charge in [-0.3, -0.25) is 4.90 Å². The van der Waals surface area contributed by atoms with Crippen LogP contribution in [-0.2, 0) is 6.54 Å². The molecule has 0 aliphatic carbocycles. The number of aromatic nitrogens is 2. The van der Waals surface area contributed by atoms with Gasteiger partial charge in [-0.1, -0.05) is 28.9 Å². The summed E-state index contributed by atoms with van der Waals surface area (Å²) < 4.78 is 5.23. The van der Waals surface area contributed by atoms with E-state index in [1.54, 1.807) is 6.07 Å². The smallest absolute Gasteiger partial charge is 0.259 e. The maximum atomic E-state index is 8.96. The summed E-state index contributed by atoms with van der Waals surface area (Å²) in [6.07, 6.45) is 0. The molecule has 1 N–H and O–H groups in total. The van der Waals surface area contributed by atoms with Crippen molar-refractivity contribution in [3.8, 4) is 11.5 Å². The summed E-state index contributed by atoms with van der Waals surface area (Å²) in [5, 5.41) is 13.5. The van der Waals surface area contributed by atoms with E-state index >= 15 is 0 Å². The number of hydrogen-bond donors (Lipinski definition) is 1. The highest BCUT2D eigenvalue weighted by Crippen LogP contribution is 2.26. The van der Waals surface area contributed by atoms with E-state index in [1.807, 2.05) is 18.2 Å². The normalized spacial score (nSPS) is 16.5. The number of aliphatic hydroxyl groups is 1. The zero-order valence-corrected chi connectivity index (χ0v) is 11.0. The standard InChI is InChI=1S/C13H14ClN3O2/c14-11-4-2-1-3-10(11)13-15-12(16-19-13)7-17-5-9(6-17)8-18/h1-4,9,18H,5-8H2. The van der Waals surface area contributed by atoms with E-state index in [1.165, 1.54) is 0 Å². The Hall–Kier alpha value is -1.43. The minimum absolute atomic E-state index is 0.244. The molecule has 0 radical (unpaired) electrons. The van der Waals surface area contributed by atoms with Gasteiger partial charge < -0.3 is 9.63 Å². The van der Waals surface area contributed by atoms with Crippen LogP contribution in [0.15, 0.2) is 28.8 Å². The first-order valence-electron chi connectivity index (χ1n) is 6.17. The van der Waals surface area contributed by atoms with E-state index in [-0.39, 0.29) is 6.61 Å². The maximum Gasteiger partial charge on any atom is 0.259 e. The molecule has 2 heterocycles. The van der Waals surface area contributed by atoms with Crippen molar-refractivity contribution in [3.63, 3.8) is 0 Å². The van der Waals surface area contributed by atoms with Gasteiger partial charge in [0.25, 0.3) is 5.89 Å². The van der Waals surface area contributed by atoms with E-state index < -0.39 is 0 Å². The van der Waals surface area contributed by atoms with E-state index in [0.29, 0.717) is 29.2 Å². The van der Waals surface area contributed by atoms with E-state index in [9.17, 15) is 0 Å². The molecule has 19 heavy (non-hydrogen) atoms. The minimum Gasteiger partial charge on any atom is -0.396 e. The van der Waals surface area contributed by atoms with Crippen molar-refractivity contribution >= 4 is 11.6 Å². The predicted molar refractivity (Wildman–Crippen MR) is 70.6 cm³/mol. The molecule has 2 aromatic rings. The number of hydrogen-bond acceptors (Lipinski definition) is 5. The number of rotatable bonds is 4. The zero-order chi connectivity index (χ0) is 13.2. The van der Waals surface area contributed by atoms with Crippen LogP contribution in [0.4, 0.5) is 0 Å². The molecule has 0 spiro atoms. The van der Waals surface area contributed by atoms with Crippen LogP contribution in [0.1, 0.15) is 5.82 Å². The molecule has 0 atom stereocenters. The lowest BCUT2D eigenvalue weighted by atomic mass is 10.0. The summed E-state index contributed by atoms with van der Waals surface area (Å²) in [6, 6.07) is 7.39. The second-order valence-electron chi connectivity index (χ2n) is 4.74. The molecule has 3 rings (SSSR count). The monoisotopic (exact) mass is 279 g/mol. The van der Waals surface area contributed by atoms with Gasteiger partial charge in [-0.25, -0.2) is 0 Å². The second kappa shape index (κ2) is 5.28. The summed E-state index contributed by atoms with van der Waals surface area (Å²) in [5.74, 6) is 1.47. The van der Waals surface area contributed by atoms with E-state index in [0.717, 1.165) is 18.7 Å². The van der Waals surface area contributed by atoms with Crippen LogP contribution in [0, 0.1) is 5.92 Å². The lowest BCUT2D eigenvalue weighted by Gasteiger charge is -2.37. The van der Waals surface area contributed by atoms with E-state index in [2.05, 4.69) is 15.0 Å². The average molecular weight is 280 g/mol. The summed E-state index contributed by atoms with van der Waals surface area (Å²) in [5.41, 5.74) is 0.750. The van der Waals surface area contributed by atoms with Crippen molar-refractivity contribution in [1.29, 1.82) is 0 Å². The Morgan fingerprint density at radius 3 is 2.89 bits per heavy atom. The molecule has 0 amide bonds. The highest BCUT2D eigenvalue weighted by atomic mass is 35.5. The molecule has 6 heteroatoms. The molecular formula is C13H14ClN3O2. The Balaban J connectivity index is 1.69. The van der Waals surface area contributed by atoms with Crippen molar-refractivity contribution in [3.05, 3.63) is 35.1 Å². The lowest BCUT2D eigenvalue weighted by Crippen LogP contribution is -2.47. The number of aliphatic hydroxyl groups excluding tert-OH is 1. The molecule has 1 aromatic carbocycles. The van der Waals surface area contributed by atoms with Crippen LogP contribution in [0.25, 0.3) is 11.5 Å². The summed E-state index contributed by atoms with van der Waals surface area (Å²) >= 11 is 6.08. The molecule has 1 aromatic heterocycles. The molecular weight excluding hydrogens is 266 g/mol. The van der Waals surface area contributed by atoms with Crippen LogP contribution < -0.4 is 0 Å². The minimum atomic E-state index is 0.244. The molecule has 1 fully saturated rings. The number of benzene rings is 1. The average Bonchev–Trinajstić information content (AvgIpc) is 2.82. The Morgan fingerprint density at radius 2 is 2.16 bits per heavy atom. The van der Waals surface area contributed by atoms with Crippen molar-refractivity contribution in [2.24, 2.45) is 5.92 Å². The Kier molecular flexibility index (Phi) is 3.50. The van der Waals surface area contributed by atoms with Crippen LogP contribution in [0.2, 0.25) is 5.02 Å². The van der Waals surface area contributed by atoms with Gasteiger partial charge in [0.1, 0.15) is 0 Å². The first-order chi connectivity index (χ1) is 9.26. The van der Waals surface area contributed by atoms with Crippen molar-refractivity contribution in [2.75, 3.05) is 19.7 Å². The van der Waals surface area contributed by atoms with Crippen LogP contribution in [0.3, 0.4) is 0 Å². The largest absolute Gasteiger partial charge is 0.396 e. The van der Waals surface area contributed by atoms with Gasteiger partial charge in [0.15, 0.2) is 5.82 Å². The van der Waals surface area contributed by atoms with Gasteiger partial charge in [-0.15, -0.1) is 0 Å². The van der Waals surface area contributed by atoms with Crippen LogP contribution in [0.5, 0.6) is 0 Å². The van der Waals surface area contributed by atoms with Gasteiger partial charge >= 0.3 is 0 Å². The van der Waals surface area contributed by atoms with Crippen LogP contribution >= 0.6 is 11.6 Å². The predicted octanol–water partition coefficient (Wildman–Crippen LogP) is 1.81. The van der Waals surface area contributed by atoms with Gasteiger partial charge in [0.2, 0.25) is 0 Å². The third-order valence-electron chi connectivity index (χ3n) is 3.23. The quantitative estimate of drug-likeness (QED) is 0.925. The molecule has 1 saturated heterocycles. The fraction of sp³-hybridized carbons (Fsp3) is 0.385. The van der Waals surface area contributed by atoms with E-state index in [4.69, 9.17) is 21.2 Å². The molecule has 0 saturated carbocycles. The number of nitrogens with zero attached hydrogens (tertiary/aromatic N) is 3. The molecule has 0 unspecified atom stereocenters. The fourth-order valence-corrected chi connectivity index (χ4v) is 2.40. The maximum absolute atomic E-state index is 8.96. The molecule has 0 bridgehead atoms. The summed E-state index contributed by atoms with van der Waals surface area (Å²) in [6.45, 7) is 2.65. The van der Waals surface area contributed by atoms with Crippen molar-refractivity contribution in [2.45, 2.75) is 6.54 Å². The highest BCUT2D eigenvalue weighted by Gasteiger charge is 2.27. The number of halogens is 1. The first kappa shape index (κ1) is 12.6. The Morgan fingerprint density at radius 1 is 1.37 bits per heavy atom. The molecule has 1 aliphatic heterocycles. The first-order valence-corrected chi connectivity index (χ1v) is 6.55. The lowest BCUT2D eigenvalue weighted by molar-refractivity contribution is 0.0454. The molecule has 100 valence electrons. The molecule has 5 nitrogen and oxygen atoms in total. The Labute approximate surface area is 115 Å². The third kappa shape index (κ3) is 2.63. The van der Waals surface area contributed by atoms with Gasteiger partial charge in [-0.05, 0) is 12.1 Å². The van der Waals surface area contributed by atoms with Crippen molar-refractivity contribution < 1.29 is 9.63 Å². The second-order valence-corrected chi connectivity index (χ2v) is 5.15. The number of likely N-dealkylation sites (tertiary alicyclic amines) is 1.